The first kappa shape index (κ1) is 32.1. The van der Waals surface area contributed by atoms with Crippen LogP contribution < -0.4 is 14.5 Å². The Morgan fingerprint density at radius 2 is 1.72 bits per heavy atom. The van der Waals surface area contributed by atoms with Gasteiger partial charge in [-0.3, -0.25) is 14.6 Å². The van der Waals surface area contributed by atoms with Gasteiger partial charge in [0, 0.05) is 88.2 Å². The lowest BCUT2D eigenvalue weighted by Gasteiger charge is -2.44. The Morgan fingerprint density at radius 3 is 2.30 bits per heavy atom. The second kappa shape index (κ2) is 13.6. The summed E-state index contributed by atoms with van der Waals surface area (Å²) in [6, 6.07) is 9.34. The maximum atomic E-state index is 15.1. The molecule has 2 heterocycles. The lowest BCUT2D eigenvalue weighted by atomic mass is 9.97. The predicted octanol–water partition coefficient (Wildman–Crippen LogP) is 5.46. The molecule has 1 aliphatic rings. The topological polar surface area (TPSA) is 81.6 Å². The van der Waals surface area contributed by atoms with Crippen molar-refractivity contribution in [3.8, 4) is 33.9 Å². The second-order valence-electron chi connectivity index (χ2n) is 11.3. The summed E-state index contributed by atoms with van der Waals surface area (Å²) in [6.45, 7) is 8.08. The van der Waals surface area contributed by atoms with Crippen molar-refractivity contribution in [3.05, 3.63) is 65.8 Å². The Bertz CT molecular complexity index is 1470. The van der Waals surface area contributed by atoms with Crippen LogP contribution >= 0.6 is 11.6 Å². The largest absolute Gasteiger partial charge is 0.507 e. The molecule has 0 atom stereocenters. The van der Waals surface area contributed by atoms with Crippen LogP contribution in [0.5, 0.6) is 11.6 Å². The van der Waals surface area contributed by atoms with Gasteiger partial charge in [-0.15, -0.1) is 0 Å². The van der Waals surface area contributed by atoms with Gasteiger partial charge in [-0.2, -0.15) is 0 Å². The van der Waals surface area contributed by atoms with E-state index in [1.54, 1.807) is 55.9 Å². The van der Waals surface area contributed by atoms with Crippen molar-refractivity contribution in [2.24, 2.45) is 0 Å². The average molecular weight is 612 g/mol. The van der Waals surface area contributed by atoms with Crippen LogP contribution in [0.15, 0.2) is 55.0 Å². The van der Waals surface area contributed by atoms with Crippen LogP contribution in [0.1, 0.15) is 13.8 Å². The number of carbonyl (C=O) groups is 1. The third-order valence-electron chi connectivity index (χ3n) is 7.56. The van der Waals surface area contributed by atoms with E-state index in [2.05, 4.69) is 28.6 Å². The number of benzene rings is 2. The Kier molecular flexibility index (Phi) is 10.2. The van der Waals surface area contributed by atoms with E-state index in [-0.39, 0.29) is 27.4 Å². The van der Waals surface area contributed by atoms with Crippen LogP contribution in [0.3, 0.4) is 0 Å². The molecule has 9 nitrogen and oxygen atoms in total. The Morgan fingerprint density at radius 1 is 1.05 bits per heavy atom. The van der Waals surface area contributed by atoms with Gasteiger partial charge in [-0.1, -0.05) is 17.7 Å². The van der Waals surface area contributed by atoms with Crippen molar-refractivity contribution in [3.63, 3.8) is 0 Å². The van der Waals surface area contributed by atoms with Crippen LogP contribution in [0.2, 0.25) is 5.02 Å². The number of amides is 1. The van der Waals surface area contributed by atoms with Gasteiger partial charge in [0.2, 0.25) is 12.3 Å². The Labute approximate surface area is 257 Å². The van der Waals surface area contributed by atoms with Crippen LogP contribution in [-0.2, 0) is 9.53 Å². The van der Waals surface area contributed by atoms with Gasteiger partial charge in [0.15, 0.2) is 0 Å². The van der Waals surface area contributed by atoms with E-state index in [1.807, 2.05) is 20.2 Å². The summed E-state index contributed by atoms with van der Waals surface area (Å²) in [5.41, 5.74) is 2.70. The third-order valence-corrected chi connectivity index (χ3v) is 7.86. The highest BCUT2D eigenvalue weighted by Gasteiger charge is 2.31. The molecule has 3 aromatic rings. The highest BCUT2D eigenvalue weighted by atomic mass is 35.5. The van der Waals surface area contributed by atoms with E-state index in [0.717, 1.165) is 31.9 Å². The summed E-state index contributed by atoms with van der Waals surface area (Å²) in [4.78, 5) is 23.9. The number of ether oxygens (including phenoxy) is 2. The fourth-order valence-electron chi connectivity index (χ4n) is 5.27. The molecule has 0 saturated carbocycles. The van der Waals surface area contributed by atoms with Gasteiger partial charge in [-0.25, -0.2) is 9.37 Å². The first-order chi connectivity index (χ1) is 20.5. The molecule has 0 radical (unpaired) electrons. The SMILES string of the molecule is COCC(C)(C)N1CCN(c2cc(-c3cc(F)cc(-c4ccc(N(C=O)/C=C\N(C)C)c(Cl)c4)c3O)cnc2OC)CC1. The number of hydrogen-bond donors (Lipinski definition) is 1. The lowest BCUT2D eigenvalue weighted by molar-refractivity contribution is -0.107. The monoisotopic (exact) mass is 611 g/mol. The fraction of sp³-hybridized carbons (Fsp3) is 0.375. The number of methoxy groups -OCH3 is 2. The number of aromatic nitrogens is 1. The number of phenolic OH excluding ortho intramolecular Hbond substituents is 1. The summed E-state index contributed by atoms with van der Waals surface area (Å²) in [7, 11) is 6.95. The van der Waals surface area contributed by atoms with Crippen molar-refractivity contribution in [2.45, 2.75) is 19.4 Å². The standard InChI is InChI=1S/C32H39ClFN5O4/c1-32(2,20-42-5)39-13-11-37(12-14-39)29-16-23(19-35-31(29)43-6)26-18-24(34)17-25(30(26)41)22-7-8-28(27(33)15-22)38(21-40)10-9-36(3)4/h7-10,15-19,21,41H,11-14,20H2,1-6H3/b10-9-. The van der Waals surface area contributed by atoms with Crippen LogP contribution in [0.4, 0.5) is 15.8 Å². The van der Waals surface area contributed by atoms with Gasteiger partial charge < -0.3 is 24.4 Å². The van der Waals surface area contributed by atoms with Gasteiger partial charge in [0.05, 0.1) is 24.4 Å². The number of aromatic hydroxyl groups is 1. The molecule has 0 bridgehead atoms. The number of phenols is 1. The minimum atomic E-state index is -0.530. The number of carbonyl (C=O) groups excluding carboxylic acids is 1. The molecule has 43 heavy (non-hydrogen) atoms. The zero-order chi connectivity index (χ0) is 31.3. The highest BCUT2D eigenvalue weighted by molar-refractivity contribution is 6.34. The van der Waals surface area contributed by atoms with Gasteiger partial charge in [-0.05, 0) is 49.7 Å². The van der Waals surface area contributed by atoms with E-state index < -0.39 is 5.82 Å². The zero-order valence-electron chi connectivity index (χ0n) is 25.5. The zero-order valence-corrected chi connectivity index (χ0v) is 26.2. The van der Waals surface area contributed by atoms with Crippen molar-refractivity contribution in [1.29, 1.82) is 0 Å². The molecule has 11 heteroatoms. The molecule has 4 rings (SSSR count). The maximum Gasteiger partial charge on any atom is 0.237 e. The first-order valence-electron chi connectivity index (χ1n) is 13.9. The molecule has 0 aliphatic carbocycles. The summed E-state index contributed by atoms with van der Waals surface area (Å²) in [5.74, 6) is -0.193. The summed E-state index contributed by atoms with van der Waals surface area (Å²) < 4.78 is 26.0. The normalized spacial score (nSPS) is 14.3. The third kappa shape index (κ3) is 7.21. The molecule has 230 valence electrons. The van der Waals surface area contributed by atoms with Gasteiger partial charge in [0.1, 0.15) is 17.3 Å². The van der Waals surface area contributed by atoms with Gasteiger partial charge in [0.25, 0.3) is 0 Å². The van der Waals surface area contributed by atoms with Crippen molar-refractivity contribution in [2.75, 3.05) is 70.9 Å². The van der Waals surface area contributed by atoms with Crippen molar-refractivity contribution >= 4 is 29.4 Å². The Hall–Kier alpha value is -3.86. The van der Waals surface area contributed by atoms with Crippen LogP contribution in [0, 0.1) is 5.82 Å². The molecule has 0 spiro atoms. The first-order valence-corrected chi connectivity index (χ1v) is 14.3. The number of hydrogen-bond acceptors (Lipinski definition) is 8. The summed E-state index contributed by atoms with van der Waals surface area (Å²) >= 11 is 6.55. The number of piperazine rings is 1. The average Bonchev–Trinajstić information content (AvgIpc) is 2.98. The van der Waals surface area contributed by atoms with E-state index in [9.17, 15) is 9.90 Å². The minimum Gasteiger partial charge on any atom is -0.507 e. The molecular weight excluding hydrogens is 573 g/mol. The van der Waals surface area contributed by atoms with Crippen LogP contribution in [-0.4, -0.2) is 92.9 Å². The van der Waals surface area contributed by atoms with E-state index in [4.69, 9.17) is 21.1 Å². The lowest BCUT2D eigenvalue weighted by Crippen LogP contribution is -2.56. The summed E-state index contributed by atoms with van der Waals surface area (Å²) in [6.07, 6.45) is 5.50. The quantitative estimate of drug-likeness (QED) is 0.286. The molecule has 1 aliphatic heterocycles. The highest BCUT2D eigenvalue weighted by Crippen LogP contribution is 2.42. The van der Waals surface area contributed by atoms with E-state index >= 15 is 4.39 Å². The Balaban J connectivity index is 1.67. The second-order valence-corrected chi connectivity index (χ2v) is 11.7. The molecule has 1 fully saturated rings. The molecule has 1 aromatic heterocycles. The number of anilines is 2. The molecule has 1 saturated heterocycles. The number of pyridine rings is 1. The number of nitrogens with zero attached hydrogens (tertiary/aromatic N) is 5. The summed E-state index contributed by atoms with van der Waals surface area (Å²) in [5, 5.41) is 11.7. The molecule has 2 aromatic carbocycles. The van der Waals surface area contributed by atoms with Crippen molar-refractivity contribution < 1.29 is 23.8 Å². The predicted molar refractivity (Wildman–Crippen MR) is 169 cm³/mol. The fourth-order valence-corrected chi connectivity index (χ4v) is 5.55. The van der Waals surface area contributed by atoms with Crippen LogP contribution in [0.25, 0.3) is 22.3 Å². The smallest absolute Gasteiger partial charge is 0.237 e. The molecule has 1 N–H and O–H groups in total. The minimum absolute atomic E-state index is 0.0929. The van der Waals surface area contributed by atoms with E-state index in [1.165, 1.54) is 17.0 Å². The molecule has 1 amide bonds. The molecular formula is C32H39ClFN5O4. The maximum absolute atomic E-state index is 15.1. The van der Waals surface area contributed by atoms with Crippen molar-refractivity contribution in [1.82, 2.24) is 14.8 Å². The number of halogens is 2. The van der Waals surface area contributed by atoms with E-state index in [0.29, 0.717) is 35.7 Å². The molecule has 0 unspecified atom stereocenters. The number of rotatable bonds is 11. The van der Waals surface area contributed by atoms with Gasteiger partial charge >= 0.3 is 0 Å².